The maximum Gasteiger partial charge on any atom is 0.0941 e. The average molecular weight is 186 g/mol. The molecule has 0 aromatic heterocycles. The molecule has 1 aliphatic rings. The molecule has 0 radical (unpaired) electrons. The first-order valence-electron chi connectivity index (χ1n) is 4.92. The maximum absolute atomic E-state index is 10.3. The number of hydrogen-bond acceptors (Lipinski definition) is 3. The molecule has 0 aromatic rings. The minimum absolute atomic E-state index is 0.0278. The standard InChI is InChI=1S/C10H22N2O/c1-9(2,3)8(11)10(13)5-6-12(4)7-10/h8,13H,5-7,11H2,1-4H3. The molecule has 2 unspecified atom stereocenters. The average Bonchev–Trinajstić information content (AvgIpc) is 2.29. The Labute approximate surface area is 80.9 Å². The van der Waals surface area contributed by atoms with E-state index in [1.54, 1.807) is 0 Å². The summed E-state index contributed by atoms with van der Waals surface area (Å²) in [6, 6.07) is -0.148. The second kappa shape index (κ2) is 3.23. The molecule has 1 rings (SSSR count). The van der Waals surface area contributed by atoms with Gasteiger partial charge in [-0.3, -0.25) is 0 Å². The third-order valence-corrected chi connectivity index (χ3v) is 2.98. The number of likely N-dealkylation sites (tertiary alicyclic amines) is 1. The van der Waals surface area contributed by atoms with Crippen LogP contribution in [0.25, 0.3) is 0 Å². The van der Waals surface area contributed by atoms with Crippen molar-refractivity contribution in [3.05, 3.63) is 0 Å². The van der Waals surface area contributed by atoms with Crippen LogP contribution in [0.5, 0.6) is 0 Å². The van der Waals surface area contributed by atoms with E-state index in [0.29, 0.717) is 6.54 Å². The van der Waals surface area contributed by atoms with Gasteiger partial charge in [-0.2, -0.15) is 0 Å². The van der Waals surface area contributed by atoms with Gasteiger partial charge < -0.3 is 15.7 Å². The Morgan fingerprint density at radius 1 is 1.46 bits per heavy atom. The molecule has 1 aliphatic heterocycles. The Hall–Kier alpha value is -0.120. The minimum atomic E-state index is -0.688. The highest BCUT2D eigenvalue weighted by atomic mass is 16.3. The molecule has 0 saturated carbocycles. The van der Waals surface area contributed by atoms with E-state index in [9.17, 15) is 5.11 Å². The number of β-amino-alcohol motifs (C(OH)–C–C–N with tert-alkyl or cyclic N) is 1. The van der Waals surface area contributed by atoms with Crippen molar-refractivity contribution < 1.29 is 5.11 Å². The molecule has 0 bridgehead atoms. The van der Waals surface area contributed by atoms with Crippen molar-refractivity contribution in [1.29, 1.82) is 0 Å². The second-order valence-electron chi connectivity index (χ2n) is 5.44. The number of nitrogens with zero attached hydrogens (tertiary/aromatic N) is 1. The fraction of sp³-hybridized carbons (Fsp3) is 1.00. The van der Waals surface area contributed by atoms with Gasteiger partial charge in [0.2, 0.25) is 0 Å². The number of rotatable bonds is 1. The fourth-order valence-electron chi connectivity index (χ4n) is 2.07. The quantitative estimate of drug-likeness (QED) is 0.624. The molecular formula is C10H22N2O. The van der Waals surface area contributed by atoms with Gasteiger partial charge in [0.1, 0.15) is 0 Å². The highest BCUT2D eigenvalue weighted by Gasteiger charge is 2.44. The smallest absolute Gasteiger partial charge is 0.0941 e. The predicted molar refractivity (Wildman–Crippen MR) is 54.5 cm³/mol. The van der Waals surface area contributed by atoms with E-state index in [1.807, 2.05) is 7.05 Å². The Bertz CT molecular complexity index is 188. The van der Waals surface area contributed by atoms with E-state index in [0.717, 1.165) is 13.0 Å². The van der Waals surface area contributed by atoms with Gasteiger partial charge in [0, 0.05) is 19.1 Å². The van der Waals surface area contributed by atoms with Crippen LogP contribution in [0.1, 0.15) is 27.2 Å². The number of aliphatic hydroxyl groups is 1. The zero-order chi connectivity index (χ0) is 10.3. The fourth-order valence-corrected chi connectivity index (χ4v) is 2.07. The molecule has 13 heavy (non-hydrogen) atoms. The zero-order valence-corrected chi connectivity index (χ0v) is 9.17. The summed E-state index contributed by atoms with van der Waals surface area (Å²) < 4.78 is 0. The number of nitrogens with two attached hydrogens (primary N) is 1. The van der Waals surface area contributed by atoms with Crippen LogP contribution in [-0.2, 0) is 0 Å². The summed E-state index contributed by atoms with van der Waals surface area (Å²) in [5, 5.41) is 10.3. The minimum Gasteiger partial charge on any atom is -0.387 e. The summed E-state index contributed by atoms with van der Waals surface area (Å²) in [7, 11) is 2.02. The van der Waals surface area contributed by atoms with Gasteiger partial charge in [0.05, 0.1) is 5.60 Å². The van der Waals surface area contributed by atoms with Crippen LogP contribution < -0.4 is 5.73 Å². The number of likely N-dealkylation sites (N-methyl/N-ethyl adjacent to an activating group) is 1. The highest BCUT2D eigenvalue weighted by Crippen LogP contribution is 2.32. The molecule has 0 aromatic carbocycles. The third-order valence-electron chi connectivity index (χ3n) is 2.98. The molecule has 1 fully saturated rings. The van der Waals surface area contributed by atoms with E-state index in [-0.39, 0.29) is 11.5 Å². The molecule has 0 spiro atoms. The monoisotopic (exact) mass is 186 g/mol. The lowest BCUT2D eigenvalue weighted by atomic mass is 9.76. The Kier molecular flexibility index (Phi) is 2.72. The summed E-state index contributed by atoms with van der Waals surface area (Å²) in [6.07, 6.45) is 0.794. The Morgan fingerprint density at radius 3 is 2.31 bits per heavy atom. The van der Waals surface area contributed by atoms with Crippen LogP contribution >= 0.6 is 0 Å². The molecule has 3 heteroatoms. The van der Waals surface area contributed by atoms with Crippen molar-refractivity contribution in [3.8, 4) is 0 Å². The zero-order valence-electron chi connectivity index (χ0n) is 9.17. The lowest BCUT2D eigenvalue weighted by Gasteiger charge is -2.38. The largest absolute Gasteiger partial charge is 0.387 e. The molecule has 2 atom stereocenters. The van der Waals surface area contributed by atoms with Crippen LogP contribution in [0.4, 0.5) is 0 Å². The molecule has 3 nitrogen and oxygen atoms in total. The second-order valence-corrected chi connectivity index (χ2v) is 5.44. The first kappa shape index (κ1) is 11.0. The molecule has 1 heterocycles. The highest BCUT2D eigenvalue weighted by molar-refractivity contribution is 5.01. The van der Waals surface area contributed by atoms with Crippen LogP contribution in [0, 0.1) is 5.41 Å². The Balaban J connectivity index is 2.71. The van der Waals surface area contributed by atoms with E-state index in [4.69, 9.17) is 5.73 Å². The molecule has 0 aliphatic carbocycles. The molecule has 0 amide bonds. The Morgan fingerprint density at radius 2 is 2.00 bits per heavy atom. The van der Waals surface area contributed by atoms with Crippen LogP contribution in [0.3, 0.4) is 0 Å². The van der Waals surface area contributed by atoms with E-state index in [1.165, 1.54) is 0 Å². The van der Waals surface area contributed by atoms with E-state index in [2.05, 4.69) is 25.7 Å². The van der Waals surface area contributed by atoms with E-state index < -0.39 is 5.60 Å². The summed E-state index contributed by atoms with van der Waals surface area (Å²) in [5.74, 6) is 0. The van der Waals surface area contributed by atoms with Crippen molar-refractivity contribution >= 4 is 0 Å². The van der Waals surface area contributed by atoms with Gasteiger partial charge in [0.25, 0.3) is 0 Å². The van der Waals surface area contributed by atoms with Gasteiger partial charge in [-0.25, -0.2) is 0 Å². The van der Waals surface area contributed by atoms with Gasteiger partial charge in [0.15, 0.2) is 0 Å². The van der Waals surface area contributed by atoms with Crippen molar-refractivity contribution in [2.75, 3.05) is 20.1 Å². The summed E-state index contributed by atoms with van der Waals surface area (Å²) in [6.45, 7) is 7.88. The normalized spacial score (nSPS) is 33.7. The van der Waals surface area contributed by atoms with Gasteiger partial charge in [-0.1, -0.05) is 20.8 Å². The third kappa shape index (κ3) is 2.22. The molecule has 1 saturated heterocycles. The summed E-state index contributed by atoms with van der Waals surface area (Å²) in [4.78, 5) is 2.13. The summed E-state index contributed by atoms with van der Waals surface area (Å²) in [5.41, 5.74) is 5.36. The number of hydrogen-bond donors (Lipinski definition) is 2. The molecule has 3 N–H and O–H groups in total. The van der Waals surface area contributed by atoms with Crippen molar-refractivity contribution in [3.63, 3.8) is 0 Å². The van der Waals surface area contributed by atoms with Crippen molar-refractivity contribution in [2.24, 2.45) is 11.1 Å². The van der Waals surface area contributed by atoms with Crippen LogP contribution in [-0.4, -0.2) is 41.8 Å². The van der Waals surface area contributed by atoms with Gasteiger partial charge in [-0.15, -0.1) is 0 Å². The van der Waals surface area contributed by atoms with Gasteiger partial charge in [-0.05, 0) is 18.9 Å². The maximum atomic E-state index is 10.3. The summed E-state index contributed by atoms with van der Waals surface area (Å²) >= 11 is 0. The topological polar surface area (TPSA) is 49.5 Å². The first-order chi connectivity index (χ1) is 5.76. The van der Waals surface area contributed by atoms with Crippen molar-refractivity contribution in [1.82, 2.24) is 4.90 Å². The lowest BCUT2D eigenvalue weighted by Crippen LogP contribution is -2.56. The predicted octanol–water partition coefficient (Wildman–Crippen LogP) is 0.426. The first-order valence-corrected chi connectivity index (χ1v) is 4.92. The van der Waals surface area contributed by atoms with Crippen LogP contribution in [0.2, 0.25) is 0 Å². The van der Waals surface area contributed by atoms with Crippen LogP contribution in [0.15, 0.2) is 0 Å². The molecular weight excluding hydrogens is 164 g/mol. The van der Waals surface area contributed by atoms with E-state index >= 15 is 0 Å². The molecule has 78 valence electrons. The van der Waals surface area contributed by atoms with Gasteiger partial charge >= 0.3 is 0 Å². The SMILES string of the molecule is CN1CCC(O)(C(N)C(C)(C)C)C1. The van der Waals surface area contributed by atoms with Crippen molar-refractivity contribution in [2.45, 2.75) is 38.8 Å². The lowest BCUT2D eigenvalue weighted by molar-refractivity contribution is -0.00989.